The van der Waals surface area contributed by atoms with Gasteiger partial charge in [0.25, 0.3) is 0 Å². The molecule has 0 radical (unpaired) electrons. The second kappa shape index (κ2) is 6.14. The number of aryl methyl sites for hydroxylation is 1. The molecule has 5 heteroatoms. The van der Waals surface area contributed by atoms with Crippen LogP contribution in [-0.2, 0) is 11.2 Å². The zero-order chi connectivity index (χ0) is 14.5. The number of benzene rings is 1. The van der Waals surface area contributed by atoms with E-state index in [4.69, 9.17) is 4.74 Å². The molecule has 5 nitrogen and oxygen atoms in total. The van der Waals surface area contributed by atoms with Crippen molar-refractivity contribution in [1.82, 2.24) is 10.2 Å². The van der Waals surface area contributed by atoms with Crippen molar-refractivity contribution in [2.45, 2.75) is 19.3 Å². The van der Waals surface area contributed by atoms with Crippen molar-refractivity contribution < 1.29 is 14.6 Å². The lowest BCUT2D eigenvalue weighted by atomic mass is 9.95. The Kier molecular flexibility index (Phi) is 4.30. The van der Waals surface area contributed by atoms with Gasteiger partial charge in [-0.05, 0) is 42.7 Å². The first kappa shape index (κ1) is 14.0. The third-order valence-corrected chi connectivity index (χ3v) is 3.06. The summed E-state index contributed by atoms with van der Waals surface area (Å²) in [4.78, 5) is 11.4. The van der Waals surface area contributed by atoms with Crippen LogP contribution in [0.4, 0.5) is 0 Å². The summed E-state index contributed by atoms with van der Waals surface area (Å²) in [5, 5.41) is 17.1. The van der Waals surface area contributed by atoms with Gasteiger partial charge in [0.2, 0.25) is 0 Å². The number of carboxylic acid groups (broad SMARTS) is 1. The second-order valence-corrected chi connectivity index (χ2v) is 4.60. The minimum absolute atomic E-state index is 0.372. The van der Waals surface area contributed by atoms with Crippen LogP contribution in [0, 0.1) is 6.92 Å². The number of methoxy groups -OCH3 is 1. The summed E-state index contributed by atoms with van der Waals surface area (Å²) in [7, 11) is 1.59. The first-order valence-corrected chi connectivity index (χ1v) is 6.25. The number of rotatable bonds is 5. The van der Waals surface area contributed by atoms with Crippen LogP contribution >= 0.6 is 0 Å². The Bertz CT molecular complexity index is 596. The zero-order valence-electron chi connectivity index (χ0n) is 11.4. The summed E-state index contributed by atoms with van der Waals surface area (Å²) in [6.45, 7) is 1.87. The SMILES string of the molecule is COc1ccc(CC(C(=O)O)c2cc(C)cnn2)cc1. The van der Waals surface area contributed by atoms with Crippen molar-refractivity contribution in [2.24, 2.45) is 0 Å². The van der Waals surface area contributed by atoms with Crippen molar-refractivity contribution >= 4 is 5.97 Å². The average molecular weight is 272 g/mol. The number of nitrogens with zero attached hydrogens (tertiary/aromatic N) is 2. The minimum atomic E-state index is -0.902. The maximum atomic E-state index is 11.4. The molecule has 20 heavy (non-hydrogen) atoms. The Balaban J connectivity index is 2.23. The van der Waals surface area contributed by atoms with E-state index in [-0.39, 0.29) is 0 Å². The Hall–Kier alpha value is -2.43. The molecule has 1 unspecified atom stereocenters. The van der Waals surface area contributed by atoms with Gasteiger partial charge in [-0.3, -0.25) is 4.79 Å². The molecule has 0 spiro atoms. The largest absolute Gasteiger partial charge is 0.497 e. The molecule has 1 N–H and O–H groups in total. The lowest BCUT2D eigenvalue weighted by Crippen LogP contribution is -2.16. The summed E-state index contributed by atoms with van der Waals surface area (Å²) >= 11 is 0. The monoisotopic (exact) mass is 272 g/mol. The molecule has 0 aliphatic carbocycles. The highest BCUT2D eigenvalue weighted by Crippen LogP contribution is 2.21. The maximum Gasteiger partial charge on any atom is 0.313 e. The summed E-state index contributed by atoms with van der Waals surface area (Å²) in [6.07, 6.45) is 1.98. The van der Waals surface area contributed by atoms with Crippen molar-refractivity contribution in [1.29, 1.82) is 0 Å². The van der Waals surface area contributed by atoms with Crippen molar-refractivity contribution in [3.8, 4) is 5.75 Å². The summed E-state index contributed by atoms with van der Waals surface area (Å²) in [6, 6.07) is 9.11. The topological polar surface area (TPSA) is 72.3 Å². The molecular formula is C15H16N2O3. The van der Waals surface area contributed by atoms with Crippen LogP contribution in [0.2, 0.25) is 0 Å². The number of ether oxygens (including phenoxy) is 1. The predicted octanol–water partition coefficient (Wildman–Crippen LogP) is 2.20. The fourth-order valence-corrected chi connectivity index (χ4v) is 1.97. The van der Waals surface area contributed by atoms with E-state index in [9.17, 15) is 9.90 Å². The minimum Gasteiger partial charge on any atom is -0.497 e. The standard InChI is InChI=1S/C15H16N2O3/c1-10-7-14(17-16-9-10)13(15(18)19)8-11-3-5-12(20-2)6-4-11/h3-7,9,13H,8H2,1-2H3,(H,18,19). The van der Waals surface area contributed by atoms with Gasteiger partial charge in [0.05, 0.1) is 19.0 Å². The third-order valence-electron chi connectivity index (χ3n) is 3.06. The molecule has 1 aromatic heterocycles. The summed E-state index contributed by atoms with van der Waals surface area (Å²) < 4.78 is 5.08. The van der Waals surface area contributed by atoms with E-state index < -0.39 is 11.9 Å². The van der Waals surface area contributed by atoms with Gasteiger partial charge in [-0.25, -0.2) is 0 Å². The third kappa shape index (κ3) is 3.32. The van der Waals surface area contributed by atoms with E-state index in [1.165, 1.54) is 0 Å². The van der Waals surface area contributed by atoms with E-state index in [1.54, 1.807) is 19.4 Å². The molecule has 0 aliphatic rings. The molecule has 2 rings (SSSR count). The first-order chi connectivity index (χ1) is 9.60. The first-order valence-electron chi connectivity index (χ1n) is 6.25. The van der Waals surface area contributed by atoms with Gasteiger partial charge in [0, 0.05) is 0 Å². The molecular weight excluding hydrogens is 256 g/mol. The Labute approximate surface area is 117 Å². The van der Waals surface area contributed by atoms with Crippen LogP contribution in [-0.4, -0.2) is 28.4 Å². The molecule has 2 aromatic rings. The van der Waals surface area contributed by atoms with Crippen LogP contribution < -0.4 is 4.74 Å². The molecule has 0 amide bonds. The predicted molar refractivity (Wildman–Crippen MR) is 73.8 cm³/mol. The smallest absolute Gasteiger partial charge is 0.313 e. The maximum absolute atomic E-state index is 11.4. The Morgan fingerprint density at radius 3 is 2.60 bits per heavy atom. The van der Waals surface area contributed by atoms with Crippen molar-refractivity contribution in [3.05, 3.63) is 53.3 Å². The fraction of sp³-hybridized carbons (Fsp3) is 0.267. The van der Waals surface area contributed by atoms with E-state index in [0.29, 0.717) is 12.1 Å². The van der Waals surface area contributed by atoms with Gasteiger partial charge < -0.3 is 9.84 Å². The van der Waals surface area contributed by atoms with Gasteiger partial charge in [0.15, 0.2) is 0 Å². The van der Waals surface area contributed by atoms with Gasteiger partial charge >= 0.3 is 5.97 Å². The molecule has 104 valence electrons. The van der Waals surface area contributed by atoms with Gasteiger partial charge in [-0.1, -0.05) is 12.1 Å². The molecule has 1 atom stereocenters. The number of hydrogen-bond acceptors (Lipinski definition) is 4. The molecule has 0 fully saturated rings. The quantitative estimate of drug-likeness (QED) is 0.903. The lowest BCUT2D eigenvalue weighted by molar-refractivity contribution is -0.138. The fourth-order valence-electron chi connectivity index (χ4n) is 1.97. The highest BCUT2D eigenvalue weighted by molar-refractivity contribution is 5.75. The number of carbonyl (C=O) groups is 1. The van der Waals surface area contributed by atoms with Crippen molar-refractivity contribution in [3.63, 3.8) is 0 Å². The van der Waals surface area contributed by atoms with Crippen LogP contribution in [0.1, 0.15) is 22.7 Å². The van der Waals surface area contributed by atoms with E-state index in [2.05, 4.69) is 10.2 Å². The highest BCUT2D eigenvalue weighted by atomic mass is 16.5. The van der Waals surface area contributed by atoms with Crippen LogP contribution in [0.25, 0.3) is 0 Å². The Morgan fingerprint density at radius 2 is 2.05 bits per heavy atom. The number of hydrogen-bond donors (Lipinski definition) is 1. The molecule has 0 aliphatic heterocycles. The van der Waals surface area contributed by atoms with Crippen LogP contribution in [0.5, 0.6) is 5.75 Å². The lowest BCUT2D eigenvalue weighted by Gasteiger charge is -2.12. The van der Waals surface area contributed by atoms with E-state index in [0.717, 1.165) is 16.9 Å². The molecule has 0 saturated carbocycles. The van der Waals surface area contributed by atoms with Crippen LogP contribution in [0.3, 0.4) is 0 Å². The second-order valence-electron chi connectivity index (χ2n) is 4.60. The molecule has 1 aromatic carbocycles. The molecule has 0 bridgehead atoms. The molecule has 1 heterocycles. The average Bonchev–Trinajstić information content (AvgIpc) is 2.45. The Morgan fingerprint density at radius 1 is 1.35 bits per heavy atom. The van der Waals surface area contributed by atoms with E-state index >= 15 is 0 Å². The number of aliphatic carboxylic acids is 1. The molecule has 0 saturated heterocycles. The summed E-state index contributed by atoms with van der Waals surface area (Å²) in [5.41, 5.74) is 2.30. The number of carboxylic acids is 1. The van der Waals surface area contributed by atoms with E-state index in [1.807, 2.05) is 31.2 Å². The summed E-state index contributed by atoms with van der Waals surface area (Å²) in [5.74, 6) is -0.854. The zero-order valence-corrected chi connectivity index (χ0v) is 11.4. The van der Waals surface area contributed by atoms with Crippen LogP contribution in [0.15, 0.2) is 36.5 Å². The van der Waals surface area contributed by atoms with Gasteiger partial charge in [0.1, 0.15) is 11.7 Å². The van der Waals surface area contributed by atoms with Gasteiger partial charge in [-0.15, -0.1) is 0 Å². The normalized spacial score (nSPS) is 11.9. The highest BCUT2D eigenvalue weighted by Gasteiger charge is 2.22. The van der Waals surface area contributed by atoms with Crippen molar-refractivity contribution in [2.75, 3.05) is 7.11 Å². The van der Waals surface area contributed by atoms with Gasteiger partial charge in [-0.2, -0.15) is 10.2 Å². The number of aromatic nitrogens is 2.